The maximum absolute atomic E-state index is 5.80. The van der Waals surface area contributed by atoms with E-state index in [1.165, 1.54) is 16.3 Å². The smallest absolute Gasteiger partial charge is 0.0468 e. The minimum atomic E-state index is 0.209. The second-order valence-corrected chi connectivity index (χ2v) is 6.68. The number of rotatable bonds is 4. The summed E-state index contributed by atoms with van der Waals surface area (Å²) in [5, 5.41) is 2.50. The Bertz CT molecular complexity index is 611. The monoisotopic (exact) mass is 348 g/mol. The highest BCUT2D eigenvalue weighted by Gasteiger charge is 2.20. The Morgan fingerprint density at radius 2 is 1.86 bits per heavy atom. The molecule has 1 fully saturated rings. The van der Waals surface area contributed by atoms with E-state index in [1.54, 1.807) is 0 Å². The Hall–Kier alpha value is -0.940. The van der Waals surface area contributed by atoms with Crippen LogP contribution in [0.1, 0.15) is 30.9 Å². The Balaban J connectivity index is 1.80. The maximum atomic E-state index is 5.80. The van der Waals surface area contributed by atoms with Crippen LogP contribution in [-0.4, -0.2) is 13.2 Å². The molecule has 0 bridgehead atoms. The molecule has 1 saturated heterocycles. The van der Waals surface area contributed by atoms with Crippen molar-refractivity contribution in [3.05, 3.63) is 46.4 Å². The molecule has 1 unspecified atom stereocenters. The second kappa shape index (κ2) is 6.88. The van der Waals surface area contributed by atoms with Crippen molar-refractivity contribution in [2.45, 2.75) is 25.3 Å². The van der Waals surface area contributed by atoms with E-state index in [1.807, 2.05) is 0 Å². The first-order chi connectivity index (χ1) is 10.3. The van der Waals surface area contributed by atoms with Crippen molar-refractivity contribution in [2.75, 3.05) is 13.2 Å². The number of hydrogen-bond donors (Lipinski definition) is 2. The molecule has 0 aromatic heterocycles. The van der Waals surface area contributed by atoms with E-state index in [0.29, 0.717) is 5.92 Å². The summed E-state index contributed by atoms with van der Waals surface area (Å²) in [4.78, 5) is 0. The SMILES string of the molecule is NNC(CC1CCOCC1)c1ccc2cc(Br)ccc2c1. The number of hydrogen-bond acceptors (Lipinski definition) is 3. The molecule has 2 aromatic carbocycles. The number of fused-ring (bicyclic) bond motifs is 1. The van der Waals surface area contributed by atoms with Crippen molar-refractivity contribution in [1.82, 2.24) is 5.43 Å². The standard InChI is InChI=1S/C17H21BrN2O/c18-16-4-3-13-10-15(2-1-14(13)11-16)17(20-19)9-12-5-7-21-8-6-12/h1-4,10-12,17,20H,5-9,19H2. The number of ether oxygens (including phenoxy) is 1. The molecular weight excluding hydrogens is 328 g/mol. The van der Waals surface area contributed by atoms with Crippen molar-refractivity contribution in [2.24, 2.45) is 11.8 Å². The van der Waals surface area contributed by atoms with Crippen LogP contribution in [0.25, 0.3) is 10.8 Å². The molecule has 3 N–H and O–H groups in total. The molecule has 0 radical (unpaired) electrons. The summed E-state index contributed by atoms with van der Waals surface area (Å²) in [6, 6.07) is 13.2. The minimum absolute atomic E-state index is 0.209. The van der Waals surface area contributed by atoms with Gasteiger partial charge in [0.1, 0.15) is 0 Å². The predicted octanol–water partition coefficient (Wildman–Crippen LogP) is 3.92. The lowest BCUT2D eigenvalue weighted by molar-refractivity contribution is 0.0605. The first-order valence-electron chi connectivity index (χ1n) is 7.49. The minimum Gasteiger partial charge on any atom is -0.381 e. The molecule has 1 aliphatic heterocycles. The third kappa shape index (κ3) is 3.64. The molecule has 1 atom stereocenters. The van der Waals surface area contributed by atoms with Gasteiger partial charge in [-0.25, -0.2) is 0 Å². The largest absolute Gasteiger partial charge is 0.381 e. The highest BCUT2D eigenvalue weighted by molar-refractivity contribution is 9.10. The average Bonchev–Trinajstić information content (AvgIpc) is 2.53. The van der Waals surface area contributed by atoms with Gasteiger partial charge in [0.25, 0.3) is 0 Å². The van der Waals surface area contributed by atoms with Gasteiger partial charge in [-0.2, -0.15) is 0 Å². The van der Waals surface area contributed by atoms with Crippen molar-refractivity contribution >= 4 is 26.7 Å². The highest BCUT2D eigenvalue weighted by atomic mass is 79.9. The zero-order valence-corrected chi connectivity index (χ0v) is 13.6. The van der Waals surface area contributed by atoms with Gasteiger partial charge in [0, 0.05) is 23.7 Å². The zero-order chi connectivity index (χ0) is 14.7. The third-order valence-electron chi connectivity index (χ3n) is 4.34. The molecule has 21 heavy (non-hydrogen) atoms. The first kappa shape index (κ1) is 15.0. The third-order valence-corrected chi connectivity index (χ3v) is 4.83. The van der Waals surface area contributed by atoms with E-state index in [2.05, 4.69) is 57.8 Å². The van der Waals surface area contributed by atoms with Gasteiger partial charge in [-0.1, -0.05) is 34.1 Å². The van der Waals surface area contributed by atoms with Crippen molar-refractivity contribution < 1.29 is 4.74 Å². The van der Waals surface area contributed by atoms with E-state index in [-0.39, 0.29) is 6.04 Å². The number of nitrogens with two attached hydrogens (primary N) is 1. The van der Waals surface area contributed by atoms with E-state index < -0.39 is 0 Å². The van der Waals surface area contributed by atoms with Crippen molar-refractivity contribution in [1.29, 1.82) is 0 Å². The van der Waals surface area contributed by atoms with Crippen LogP contribution in [0.5, 0.6) is 0 Å². The number of benzene rings is 2. The van der Waals surface area contributed by atoms with Gasteiger partial charge in [-0.3, -0.25) is 11.3 Å². The van der Waals surface area contributed by atoms with E-state index >= 15 is 0 Å². The summed E-state index contributed by atoms with van der Waals surface area (Å²) in [5.74, 6) is 6.50. The highest BCUT2D eigenvalue weighted by Crippen LogP contribution is 2.29. The molecule has 1 aliphatic rings. The van der Waals surface area contributed by atoms with Gasteiger partial charge in [0.15, 0.2) is 0 Å². The van der Waals surface area contributed by atoms with Gasteiger partial charge in [0.2, 0.25) is 0 Å². The Kier molecular flexibility index (Phi) is 4.91. The van der Waals surface area contributed by atoms with Gasteiger partial charge in [0.05, 0.1) is 0 Å². The molecular formula is C17H21BrN2O. The molecule has 0 spiro atoms. The van der Waals surface area contributed by atoms with Crippen molar-refractivity contribution in [3.63, 3.8) is 0 Å². The lowest BCUT2D eigenvalue weighted by atomic mass is 9.89. The molecule has 2 aromatic rings. The van der Waals surface area contributed by atoms with Crippen molar-refractivity contribution in [3.8, 4) is 0 Å². The van der Waals surface area contributed by atoms with Crippen LogP contribution in [0.15, 0.2) is 40.9 Å². The van der Waals surface area contributed by atoms with Gasteiger partial charge in [-0.05, 0) is 59.7 Å². The fourth-order valence-corrected chi connectivity index (χ4v) is 3.45. The molecule has 112 valence electrons. The Morgan fingerprint density at radius 3 is 2.62 bits per heavy atom. The molecule has 3 nitrogen and oxygen atoms in total. The topological polar surface area (TPSA) is 47.3 Å². The molecule has 4 heteroatoms. The van der Waals surface area contributed by atoms with E-state index in [0.717, 1.165) is 36.9 Å². The Labute approximate surface area is 134 Å². The molecule has 0 amide bonds. The summed E-state index contributed by atoms with van der Waals surface area (Å²) in [6.45, 7) is 1.77. The van der Waals surface area contributed by atoms with E-state index in [9.17, 15) is 0 Å². The van der Waals surface area contributed by atoms with Gasteiger partial charge < -0.3 is 4.74 Å². The fourth-order valence-electron chi connectivity index (χ4n) is 3.07. The number of halogens is 1. The summed E-state index contributed by atoms with van der Waals surface area (Å²) in [7, 11) is 0. The van der Waals surface area contributed by atoms with Crippen LogP contribution in [0.3, 0.4) is 0 Å². The zero-order valence-electron chi connectivity index (χ0n) is 12.0. The summed E-state index contributed by atoms with van der Waals surface area (Å²) in [6.07, 6.45) is 3.35. The van der Waals surface area contributed by atoms with E-state index in [4.69, 9.17) is 10.6 Å². The second-order valence-electron chi connectivity index (χ2n) is 5.76. The summed E-state index contributed by atoms with van der Waals surface area (Å²) in [5.41, 5.74) is 4.25. The van der Waals surface area contributed by atoms with Crippen LogP contribution >= 0.6 is 15.9 Å². The van der Waals surface area contributed by atoms with Crippen LogP contribution in [0.2, 0.25) is 0 Å². The fraction of sp³-hybridized carbons (Fsp3) is 0.412. The summed E-state index contributed by atoms with van der Waals surface area (Å²) < 4.78 is 6.54. The lowest BCUT2D eigenvalue weighted by Gasteiger charge is -2.26. The van der Waals surface area contributed by atoms with Crippen LogP contribution < -0.4 is 11.3 Å². The number of hydrazine groups is 1. The Morgan fingerprint density at radius 1 is 1.14 bits per heavy atom. The van der Waals surface area contributed by atoms with Crippen LogP contribution in [-0.2, 0) is 4.74 Å². The lowest BCUT2D eigenvalue weighted by Crippen LogP contribution is -2.31. The average molecular weight is 349 g/mol. The molecule has 3 rings (SSSR count). The van der Waals surface area contributed by atoms with Gasteiger partial charge >= 0.3 is 0 Å². The van der Waals surface area contributed by atoms with Crippen LogP contribution in [0, 0.1) is 5.92 Å². The molecule has 1 heterocycles. The maximum Gasteiger partial charge on any atom is 0.0468 e. The quantitative estimate of drug-likeness (QED) is 0.650. The molecule has 0 saturated carbocycles. The summed E-state index contributed by atoms with van der Waals surface area (Å²) >= 11 is 3.52. The normalized spacial score (nSPS) is 18.0. The first-order valence-corrected chi connectivity index (χ1v) is 8.28. The molecule has 0 aliphatic carbocycles. The van der Waals surface area contributed by atoms with Gasteiger partial charge in [-0.15, -0.1) is 0 Å². The predicted molar refractivity (Wildman–Crippen MR) is 89.9 cm³/mol. The number of nitrogens with one attached hydrogen (secondary N) is 1. The van der Waals surface area contributed by atoms with Crippen LogP contribution in [0.4, 0.5) is 0 Å².